The summed E-state index contributed by atoms with van der Waals surface area (Å²) in [5.41, 5.74) is 1.99. The van der Waals surface area contributed by atoms with E-state index in [1.54, 1.807) is 4.90 Å². The fraction of sp³-hybridized carbons (Fsp3) is 0.286. The van der Waals surface area contributed by atoms with Crippen LogP contribution in [-0.2, 0) is 20.7 Å². The van der Waals surface area contributed by atoms with Crippen molar-refractivity contribution in [3.05, 3.63) is 65.5 Å². The molecule has 2 aromatic carbocycles. The third kappa shape index (κ3) is 4.19. The Kier molecular flexibility index (Phi) is 5.73. The van der Waals surface area contributed by atoms with Gasteiger partial charge in [-0.2, -0.15) is 0 Å². The van der Waals surface area contributed by atoms with Crippen molar-refractivity contribution in [1.29, 1.82) is 0 Å². The summed E-state index contributed by atoms with van der Waals surface area (Å²) in [6.07, 6.45) is -0.251. The Bertz CT molecular complexity index is 915. The number of hydrogen-bond donors (Lipinski definition) is 1. The molecule has 2 aromatic rings. The maximum atomic E-state index is 13.2. The van der Waals surface area contributed by atoms with Gasteiger partial charge >= 0.3 is 5.97 Å². The summed E-state index contributed by atoms with van der Waals surface area (Å²) in [6, 6.07) is 12.7. The van der Waals surface area contributed by atoms with Gasteiger partial charge in [0.1, 0.15) is 12.4 Å². The summed E-state index contributed by atoms with van der Waals surface area (Å²) in [5, 5.41) is 2.36. The van der Waals surface area contributed by atoms with Gasteiger partial charge in [0.05, 0.1) is 0 Å². The smallest absolute Gasteiger partial charge is 0.326 e. The summed E-state index contributed by atoms with van der Waals surface area (Å²) < 4.78 is 18.3. The van der Waals surface area contributed by atoms with Crippen LogP contribution in [0.4, 0.5) is 10.1 Å². The Morgan fingerprint density at radius 2 is 1.96 bits per heavy atom. The molecule has 1 N–H and O–H groups in total. The molecular formula is C21H21FN2O4. The van der Waals surface area contributed by atoms with Crippen LogP contribution in [0.2, 0.25) is 0 Å². The number of hydrogen-bond acceptors (Lipinski definition) is 4. The number of benzene rings is 2. The maximum Gasteiger partial charge on any atom is 0.326 e. The van der Waals surface area contributed by atoms with Crippen LogP contribution in [0, 0.1) is 5.82 Å². The van der Waals surface area contributed by atoms with E-state index in [0.717, 1.165) is 23.7 Å². The van der Waals surface area contributed by atoms with Gasteiger partial charge in [0.15, 0.2) is 6.10 Å². The zero-order valence-electron chi connectivity index (χ0n) is 15.6. The van der Waals surface area contributed by atoms with E-state index in [1.807, 2.05) is 31.2 Å². The lowest BCUT2D eigenvalue weighted by Crippen LogP contribution is -2.44. The number of fused-ring (bicyclic) bond motifs is 1. The van der Waals surface area contributed by atoms with Crippen molar-refractivity contribution in [2.45, 2.75) is 32.4 Å². The lowest BCUT2D eigenvalue weighted by atomic mass is 10.1. The quantitative estimate of drug-likeness (QED) is 0.804. The minimum atomic E-state index is -0.993. The second kappa shape index (κ2) is 8.21. The van der Waals surface area contributed by atoms with E-state index in [0.29, 0.717) is 0 Å². The van der Waals surface area contributed by atoms with Crippen LogP contribution in [0.3, 0.4) is 0 Å². The average molecular weight is 384 g/mol. The van der Waals surface area contributed by atoms with Crippen molar-refractivity contribution >= 4 is 23.5 Å². The highest BCUT2D eigenvalue weighted by Crippen LogP contribution is 2.32. The van der Waals surface area contributed by atoms with Crippen LogP contribution >= 0.6 is 0 Å². The molecule has 1 aliphatic rings. The van der Waals surface area contributed by atoms with Crippen molar-refractivity contribution in [3.8, 4) is 0 Å². The molecule has 0 fully saturated rings. The van der Waals surface area contributed by atoms with Gasteiger partial charge in [0.2, 0.25) is 0 Å². The van der Waals surface area contributed by atoms with Gasteiger partial charge in [0, 0.05) is 17.3 Å². The molecule has 2 amide bonds. The van der Waals surface area contributed by atoms with E-state index in [4.69, 9.17) is 4.74 Å². The zero-order valence-corrected chi connectivity index (χ0v) is 15.6. The molecule has 0 spiro atoms. The first-order valence-electron chi connectivity index (χ1n) is 9.01. The van der Waals surface area contributed by atoms with Gasteiger partial charge in [-0.25, -0.2) is 4.39 Å². The molecular weight excluding hydrogens is 363 g/mol. The molecule has 0 saturated heterocycles. The van der Waals surface area contributed by atoms with Crippen molar-refractivity contribution in [1.82, 2.24) is 5.32 Å². The number of ether oxygens (including phenoxy) is 1. The predicted octanol–water partition coefficient (Wildman–Crippen LogP) is 2.46. The molecule has 0 aromatic heterocycles. The van der Waals surface area contributed by atoms with Gasteiger partial charge in [0.25, 0.3) is 11.8 Å². The number of halogens is 1. The Hall–Kier alpha value is -3.22. The fourth-order valence-electron chi connectivity index (χ4n) is 3.27. The Labute approximate surface area is 162 Å². The highest BCUT2D eigenvalue weighted by molar-refractivity contribution is 6.00. The van der Waals surface area contributed by atoms with Gasteiger partial charge in [-0.15, -0.1) is 0 Å². The summed E-state index contributed by atoms with van der Waals surface area (Å²) in [4.78, 5) is 38.4. The molecule has 146 valence electrons. The first kappa shape index (κ1) is 19.5. The van der Waals surface area contributed by atoms with Gasteiger partial charge in [-0.3, -0.25) is 14.4 Å². The van der Waals surface area contributed by atoms with Crippen molar-refractivity contribution in [2.24, 2.45) is 0 Å². The number of rotatable bonds is 5. The van der Waals surface area contributed by atoms with Gasteiger partial charge < -0.3 is 15.0 Å². The Balaban J connectivity index is 1.55. The van der Waals surface area contributed by atoms with Crippen LogP contribution in [0.1, 0.15) is 29.8 Å². The number of para-hydroxylation sites is 1. The molecule has 0 radical (unpaired) electrons. The van der Waals surface area contributed by atoms with E-state index < -0.39 is 30.3 Å². The van der Waals surface area contributed by atoms with Gasteiger partial charge in [-0.05, 0) is 50.1 Å². The molecule has 0 saturated carbocycles. The monoisotopic (exact) mass is 384 g/mol. The van der Waals surface area contributed by atoms with Crippen LogP contribution in [0.25, 0.3) is 0 Å². The third-order valence-corrected chi connectivity index (χ3v) is 4.58. The largest absolute Gasteiger partial charge is 0.451 e. The van der Waals surface area contributed by atoms with E-state index in [2.05, 4.69) is 5.32 Å². The first-order chi connectivity index (χ1) is 13.4. The molecule has 3 rings (SSSR count). The third-order valence-electron chi connectivity index (χ3n) is 4.58. The van der Waals surface area contributed by atoms with Crippen LogP contribution in [-0.4, -0.2) is 36.5 Å². The number of anilines is 1. The highest BCUT2D eigenvalue weighted by Gasteiger charge is 2.34. The Morgan fingerprint density at radius 3 is 2.71 bits per heavy atom. The van der Waals surface area contributed by atoms with Crippen molar-refractivity contribution in [2.75, 3.05) is 11.4 Å². The summed E-state index contributed by atoms with van der Waals surface area (Å²) in [6.45, 7) is 3.02. The molecule has 1 aliphatic heterocycles. The molecule has 7 heteroatoms. The number of esters is 1. The SMILES string of the molecule is C[C@@H](OC(=O)CNC(=O)c1cccc(F)c1)C(=O)N1c2ccccc2C[C@@H]1C. The molecule has 6 nitrogen and oxygen atoms in total. The number of nitrogens with one attached hydrogen (secondary N) is 1. The molecule has 28 heavy (non-hydrogen) atoms. The van der Waals surface area contributed by atoms with E-state index in [1.165, 1.54) is 25.1 Å². The standard InChI is InChI=1S/C21H21FN2O4/c1-13-10-15-6-3-4-9-18(15)24(13)21(27)14(2)28-19(25)12-23-20(26)16-7-5-8-17(22)11-16/h3-9,11,13-14H,10,12H2,1-2H3,(H,23,26)/t13-,14+/m0/s1. The number of carbonyl (C=O) groups excluding carboxylic acids is 3. The molecule has 2 atom stereocenters. The molecule has 0 bridgehead atoms. The Morgan fingerprint density at radius 1 is 1.21 bits per heavy atom. The van der Waals surface area contributed by atoms with Crippen LogP contribution in [0.5, 0.6) is 0 Å². The highest BCUT2D eigenvalue weighted by atomic mass is 19.1. The summed E-state index contributed by atoms with van der Waals surface area (Å²) >= 11 is 0. The zero-order chi connectivity index (χ0) is 20.3. The van der Waals surface area contributed by atoms with Crippen molar-refractivity contribution in [3.63, 3.8) is 0 Å². The van der Waals surface area contributed by atoms with Crippen LogP contribution < -0.4 is 10.2 Å². The molecule has 0 aliphatic carbocycles. The second-order valence-corrected chi connectivity index (χ2v) is 6.72. The van der Waals surface area contributed by atoms with E-state index in [-0.39, 0.29) is 17.5 Å². The summed E-state index contributed by atoms with van der Waals surface area (Å²) in [7, 11) is 0. The second-order valence-electron chi connectivity index (χ2n) is 6.72. The normalized spacial score (nSPS) is 16.2. The predicted molar refractivity (Wildman–Crippen MR) is 101 cm³/mol. The maximum absolute atomic E-state index is 13.2. The number of carbonyl (C=O) groups is 3. The van der Waals surface area contributed by atoms with E-state index >= 15 is 0 Å². The topological polar surface area (TPSA) is 75.7 Å². The van der Waals surface area contributed by atoms with Crippen molar-refractivity contribution < 1.29 is 23.5 Å². The van der Waals surface area contributed by atoms with Crippen LogP contribution in [0.15, 0.2) is 48.5 Å². The minimum absolute atomic E-state index is 0.0290. The van der Waals surface area contributed by atoms with Gasteiger partial charge in [-0.1, -0.05) is 24.3 Å². The summed E-state index contributed by atoms with van der Waals surface area (Å²) in [5.74, 6) is -2.21. The molecule has 1 heterocycles. The lowest BCUT2D eigenvalue weighted by molar-refractivity contribution is -0.152. The fourth-order valence-corrected chi connectivity index (χ4v) is 3.27. The molecule has 0 unspecified atom stereocenters. The number of nitrogens with zero attached hydrogens (tertiary/aromatic N) is 1. The minimum Gasteiger partial charge on any atom is -0.451 e. The lowest BCUT2D eigenvalue weighted by Gasteiger charge is -2.26. The number of amides is 2. The van der Waals surface area contributed by atoms with E-state index in [9.17, 15) is 18.8 Å². The average Bonchev–Trinajstić information content (AvgIpc) is 3.01. The first-order valence-corrected chi connectivity index (χ1v) is 9.01.